The fraction of sp³-hybridized carbons (Fsp3) is 0.273. The van der Waals surface area contributed by atoms with Crippen molar-refractivity contribution in [3.05, 3.63) is 45.4 Å². The summed E-state index contributed by atoms with van der Waals surface area (Å²) in [5.41, 5.74) is 1.12. The van der Waals surface area contributed by atoms with Crippen LogP contribution in [0, 0.1) is 0 Å². The standard InChI is InChI=1S/C11H12BrClN4/c1-17-7-15-11(16-17)6-14-5-8-4-9(13)2-3-10(8)12/h2-4,7,14H,5-6H2,1H3. The minimum atomic E-state index is 0.639. The van der Waals surface area contributed by atoms with Crippen LogP contribution in [0.1, 0.15) is 11.4 Å². The monoisotopic (exact) mass is 314 g/mol. The molecule has 0 unspecified atom stereocenters. The molecule has 6 heteroatoms. The fourth-order valence-electron chi connectivity index (χ4n) is 1.45. The molecule has 2 rings (SSSR count). The summed E-state index contributed by atoms with van der Waals surface area (Å²) in [5.74, 6) is 0.783. The van der Waals surface area contributed by atoms with Crippen molar-refractivity contribution < 1.29 is 0 Å². The van der Waals surface area contributed by atoms with Gasteiger partial charge in [0.15, 0.2) is 5.82 Å². The van der Waals surface area contributed by atoms with Crippen molar-refractivity contribution in [3.63, 3.8) is 0 Å². The molecule has 0 aliphatic heterocycles. The number of benzene rings is 1. The number of aryl methyl sites for hydroxylation is 1. The molecule has 0 fully saturated rings. The van der Waals surface area contributed by atoms with Gasteiger partial charge in [-0.05, 0) is 23.8 Å². The lowest BCUT2D eigenvalue weighted by molar-refractivity contribution is 0.648. The highest BCUT2D eigenvalue weighted by atomic mass is 79.9. The smallest absolute Gasteiger partial charge is 0.164 e. The predicted octanol–water partition coefficient (Wildman–Crippen LogP) is 2.52. The van der Waals surface area contributed by atoms with Crippen LogP contribution >= 0.6 is 27.5 Å². The number of hydrogen-bond acceptors (Lipinski definition) is 3. The van der Waals surface area contributed by atoms with Gasteiger partial charge >= 0.3 is 0 Å². The lowest BCUT2D eigenvalue weighted by Crippen LogP contribution is -2.14. The van der Waals surface area contributed by atoms with E-state index in [0.29, 0.717) is 6.54 Å². The van der Waals surface area contributed by atoms with Crippen molar-refractivity contribution >= 4 is 27.5 Å². The maximum Gasteiger partial charge on any atom is 0.164 e. The molecule has 2 aromatic rings. The van der Waals surface area contributed by atoms with Crippen molar-refractivity contribution in [1.29, 1.82) is 0 Å². The first-order valence-electron chi connectivity index (χ1n) is 5.14. The van der Waals surface area contributed by atoms with Gasteiger partial charge in [0.05, 0.1) is 6.54 Å². The van der Waals surface area contributed by atoms with E-state index in [-0.39, 0.29) is 0 Å². The van der Waals surface area contributed by atoms with Gasteiger partial charge in [0.2, 0.25) is 0 Å². The van der Waals surface area contributed by atoms with Crippen LogP contribution in [0.15, 0.2) is 29.0 Å². The van der Waals surface area contributed by atoms with E-state index in [1.165, 1.54) is 0 Å². The van der Waals surface area contributed by atoms with Gasteiger partial charge in [-0.3, -0.25) is 4.68 Å². The van der Waals surface area contributed by atoms with Gasteiger partial charge < -0.3 is 5.32 Å². The van der Waals surface area contributed by atoms with Crippen LogP contribution in [0.2, 0.25) is 5.02 Å². The Hall–Kier alpha value is -0.910. The number of hydrogen-bond donors (Lipinski definition) is 1. The third-order valence-corrected chi connectivity index (χ3v) is 3.26. The topological polar surface area (TPSA) is 42.7 Å². The van der Waals surface area contributed by atoms with Crippen molar-refractivity contribution in [2.75, 3.05) is 0 Å². The second kappa shape index (κ2) is 5.62. The largest absolute Gasteiger partial charge is 0.306 e. The molecule has 0 bridgehead atoms. The number of nitrogens with zero attached hydrogens (tertiary/aromatic N) is 3. The molecule has 0 atom stereocenters. The van der Waals surface area contributed by atoms with Gasteiger partial charge in [0.25, 0.3) is 0 Å². The van der Waals surface area contributed by atoms with Crippen LogP contribution in [-0.2, 0) is 20.1 Å². The Kier molecular flexibility index (Phi) is 4.15. The Bertz CT molecular complexity index is 512. The summed E-state index contributed by atoms with van der Waals surface area (Å²) < 4.78 is 2.73. The first-order valence-corrected chi connectivity index (χ1v) is 6.31. The van der Waals surface area contributed by atoms with Gasteiger partial charge in [0, 0.05) is 23.1 Å². The molecule has 17 heavy (non-hydrogen) atoms. The van der Waals surface area contributed by atoms with E-state index >= 15 is 0 Å². The molecule has 0 spiro atoms. The lowest BCUT2D eigenvalue weighted by Gasteiger charge is -2.05. The van der Waals surface area contributed by atoms with Gasteiger partial charge in [0.1, 0.15) is 6.33 Å². The zero-order chi connectivity index (χ0) is 12.3. The first-order chi connectivity index (χ1) is 8.15. The Labute approximate surface area is 113 Å². The molecular formula is C11H12BrClN4. The van der Waals surface area contributed by atoms with Crippen LogP contribution < -0.4 is 5.32 Å². The van der Waals surface area contributed by atoms with Crippen LogP contribution in [0.5, 0.6) is 0 Å². The molecular weight excluding hydrogens is 304 g/mol. The molecule has 1 aromatic heterocycles. The Morgan fingerprint density at radius 1 is 1.41 bits per heavy atom. The van der Waals surface area contributed by atoms with E-state index in [1.807, 2.05) is 25.2 Å². The molecule has 0 aliphatic rings. The molecule has 0 aliphatic carbocycles. The highest BCUT2D eigenvalue weighted by Crippen LogP contribution is 2.20. The first kappa shape index (κ1) is 12.5. The van der Waals surface area contributed by atoms with Crippen molar-refractivity contribution in [1.82, 2.24) is 20.1 Å². The maximum absolute atomic E-state index is 5.94. The molecule has 4 nitrogen and oxygen atoms in total. The average Bonchev–Trinajstić information content (AvgIpc) is 2.69. The van der Waals surface area contributed by atoms with E-state index in [9.17, 15) is 0 Å². The Morgan fingerprint density at radius 3 is 2.94 bits per heavy atom. The predicted molar refractivity (Wildman–Crippen MR) is 70.7 cm³/mol. The third-order valence-electron chi connectivity index (χ3n) is 2.25. The molecule has 0 saturated heterocycles. The zero-order valence-electron chi connectivity index (χ0n) is 9.32. The normalized spacial score (nSPS) is 10.8. The summed E-state index contributed by atoms with van der Waals surface area (Å²) in [7, 11) is 1.85. The minimum absolute atomic E-state index is 0.639. The van der Waals surface area contributed by atoms with E-state index in [0.717, 1.165) is 27.4 Å². The second-order valence-corrected chi connectivity index (χ2v) is 4.96. The van der Waals surface area contributed by atoms with E-state index < -0.39 is 0 Å². The number of rotatable bonds is 4. The lowest BCUT2D eigenvalue weighted by atomic mass is 10.2. The molecule has 1 N–H and O–H groups in total. The summed E-state index contributed by atoms with van der Waals surface area (Å²) in [6.07, 6.45) is 1.69. The number of nitrogens with one attached hydrogen (secondary N) is 1. The third kappa shape index (κ3) is 3.52. The Balaban J connectivity index is 1.91. The summed E-state index contributed by atoms with van der Waals surface area (Å²) in [5, 5.41) is 8.20. The van der Waals surface area contributed by atoms with Crippen LogP contribution in [0.4, 0.5) is 0 Å². The highest BCUT2D eigenvalue weighted by Gasteiger charge is 2.02. The van der Waals surface area contributed by atoms with Gasteiger partial charge in [-0.15, -0.1) is 0 Å². The number of aromatic nitrogens is 3. The average molecular weight is 316 g/mol. The maximum atomic E-state index is 5.94. The fourth-order valence-corrected chi connectivity index (χ4v) is 2.03. The van der Waals surface area contributed by atoms with Gasteiger partial charge in [-0.1, -0.05) is 27.5 Å². The van der Waals surface area contributed by atoms with Crippen molar-refractivity contribution in [2.24, 2.45) is 7.05 Å². The summed E-state index contributed by atoms with van der Waals surface area (Å²) in [6, 6.07) is 5.73. The van der Waals surface area contributed by atoms with Crippen LogP contribution in [0.3, 0.4) is 0 Å². The van der Waals surface area contributed by atoms with E-state index in [4.69, 9.17) is 11.6 Å². The molecule has 90 valence electrons. The summed E-state index contributed by atoms with van der Waals surface area (Å²) >= 11 is 9.43. The summed E-state index contributed by atoms with van der Waals surface area (Å²) in [6.45, 7) is 1.36. The molecule has 0 radical (unpaired) electrons. The summed E-state index contributed by atoms with van der Waals surface area (Å²) in [4.78, 5) is 4.14. The van der Waals surface area contributed by atoms with Crippen molar-refractivity contribution in [3.8, 4) is 0 Å². The second-order valence-electron chi connectivity index (χ2n) is 3.67. The molecule has 0 amide bonds. The SMILES string of the molecule is Cn1cnc(CNCc2cc(Cl)ccc2Br)n1. The molecule has 1 heterocycles. The van der Waals surface area contributed by atoms with Crippen LogP contribution in [-0.4, -0.2) is 14.8 Å². The molecule has 1 aromatic carbocycles. The van der Waals surface area contributed by atoms with E-state index in [1.54, 1.807) is 11.0 Å². The zero-order valence-corrected chi connectivity index (χ0v) is 11.7. The van der Waals surface area contributed by atoms with E-state index in [2.05, 4.69) is 31.3 Å². The number of halogens is 2. The minimum Gasteiger partial charge on any atom is -0.306 e. The Morgan fingerprint density at radius 2 is 2.24 bits per heavy atom. The van der Waals surface area contributed by atoms with Crippen molar-refractivity contribution in [2.45, 2.75) is 13.1 Å². The highest BCUT2D eigenvalue weighted by molar-refractivity contribution is 9.10. The van der Waals surface area contributed by atoms with Crippen LogP contribution in [0.25, 0.3) is 0 Å². The molecule has 0 saturated carbocycles. The van der Waals surface area contributed by atoms with Gasteiger partial charge in [-0.2, -0.15) is 5.10 Å². The van der Waals surface area contributed by atoms with Gasteiger partial charge in [-0.25, -0.2) is 4.98 Å². The quantitative estimate of drug-likeness (QED) is 0.943.